The smallest absolute Gasteiger partial charge is 0.422 e. The minimum Gasteiger partial charge on any atom is -0.497 e. The highest BCUT2D eigenvalue weighted by Crippen LogP contribution is 2.39. The summed E-state index contributed by atoms with van der Waals surface area (Å²) in [6.07, 6.45) is -5.71. The number of hydrogen-bond acceptors (Lipinski definition) is 3. The topological polar surface area (TPSA) is 64.3 Å². The van der Waals surface area contributed by atoms with E-state index < -0.39 is 58.6 Å². The Labute approximate surface area is 201 Å². The molecule has 0 saturated carbocycles. The number of rotatable bonds is 6. The quantitative estimate of drug-likeness (QED) is 0.314. The molecule has 3 rings (SSSR count). The molecule has 0 spiro atoms. The molecule has 3 aromatic rings. The van der Waals surface area contributed by atoms with Gasteiger partial charge >= 0.3 is 6.18 Å². The first kappa shape index (κ1) is 27.0. The first-order valence-electron chi connectivity index (χ1n) is 10.5. The zero-order valence-electron chi connectivity index (χ0n) is 19.2. The van der Waals surface area contributed by atoms with E-state index in [0.29, 0.717) is 16.9 Å². The molecule has 2 atom stereocenters. The highest BCUT2D eigenvalue weighted by atomic mass is 19.4. The van der Waals surface area contributed by atoms with Gasteiger partial charge in [-0.05, 0) is 48.2 Å². The number of hydrogen-bond donors (Lipinski definition) is 2. The molecule has 0 aliphatic heterocycles. The van der Waals surface area contributed by atoms with Crippen molar-refractivity contribution in [2.75, 3.05) is 12.4 Å². The Morgan fingerprint density at radius 3 is 1.86 bits per heavy atom. The van der Waals surface area contributed by atoms with Crippen molar-refractivity contribution in [3.63, 3.8) is 0 Å². The molecule has 3 N–H and O–H groups in total. The van der Waals surface area contributed by atoms with Crippen molar-refractivity contribution in [3.8, 4) is 5.75 Å². The minimum atomic E-state index is -5.71. The fraction of sp³-hybridized carbons (Fsp3) is 0.240. The van der Waals surface area contributed by atoms with Crippen LogP contribution in [0.3, 0.4) is 0 Å². The van der Waals surface area contributed by atoms with E-state index in [1.165, 1.54) is 7.11 Å². The van der Waals surface area contributed by atoms with Crippen LogP contribution in [0.1, 0.15) is 33.7 Å². The van der Waals surface area contributed by atoms with E-state index in [0.717, 1.165) is 11.1 Å². The van der Waals surface area contributed by atoms with Crippen LogP contribution in [0.4, 0.5) is 36.4 Å². The Morgan fingerprint density at radius 1 is 0.861 bits per heavy atom. The van der Waals surface area contributed by atoms with E-state index in [1.54, 1.807) is 47.8 Å². The molecule has 0 aliphatic rings. The number of carbonyl (C=O) groups excluding carboxylic acids is 1. The molecule has 0 aromatic heterocycles. The molecule has 1 amide bonds. The fourth-order valence-corrected chi connectivity index (χ4v) is 3.72. The Kier molecular flexibility index (Phi) is 7.63. The standard InChI is InChI=1S/C25H21F7N2O2/c1-11-4-5-14(10-12(11)2)16(13-6-8-15(36-3)9-7-13)22(33)24(35)34-23-20(28)18(26)17(25(30,31)32)19(27)21(23)29/h4-10,16,22H,33H2,1-3H3,(H,34,35)/t16-,22+/m1/s1. The number of carbonyl (C=O) groups is 1. The minimum absolute atomic E-state index is 0.493. The summed E-state index contributed by atoms with van der Waals surface area (Å²) in [4.78, 5) is 12.9. The lowest BCUT2D eigenvalue weighted by Gasteiger charge is -2.25. The maximum Gasteiger partial charge on any atom is 0.422 e. The van der Waals surface area contributed by atoms with Gasteiger partial charge in [0.2, 0.25) is 5.91 Å². The molecule has 0 saturated heterocycles. The number of methoxy groups -OCH3 is 1. The predicted octanol–water partition coefficient (Wildman–Crippen LogP) is 5.99. The molecule has 0 radical (unpaired) electrons. The number of alkyl halides is 3. The third-order valence-corrected chi connectivity index (χ3v) is 5.82. The van der Waals surface area contributed by atoms with Gasteiger partial charge in [-0.3, -0.25) is 4.79 Å². The highest BCUT2D eigenvalue weighted by Gasteiger charge is 2.43. The van der Waals surface area contributed by atoms with Crippen molar-refractivity contribution < 1.29 is 40.3 Å². The fourth-order valence-electron chi connectivity index (χ4n) is 3.72. The number of ether oxygens (including phenoxy) is 1. The Hall–Kier alpha value is -3.60. The van der Waals surface area contributed by atoms with Gasteiger partial charge in [0.1, 0.15) is 17.0 Å². The molecule has 11 heteroatoms. The van der Waals surface area contributed by atoms with Gasteiger partial charge in [0.25, 0.3) is 0 Å². The number of benzene rings is 3. The Bertz CT molecular complexity index is 1260. The molecule has 0 bridgehead atoms. The van der Waals surface area contributed by atoms with Gasteiger partial charge < -0.3 is 15.8 Å². The Morgan fingerprint density at radius 2 is 1.39 bits per heavy atom. The summed E-state index contributed by atoms with van der Waals surface area (Å²) in [5, 5.41) is 1.62. The van der Waals surface area contributed by atoms with Crippen LogP contribution in [0.25, 0.3) is 0 Å². The van der Waals surface area contributed by atoms with E-state index in [1.807, 2.05) is 13.8 Å². The van der Waals surface area contributed by atoms with Crippen LogP contribution in [0.2, 0.25) is 0 Å². The number of nitrogens with two attached hydrogens (primary N) is 1. The monoisotopic (exact) mass is 514 g/mol. The first-order chi connectivity index (χ1) is 16.8. The van der Waals surface area contributed by atoms with Crippen molar-refractivity contribution in [1.29, 1.82) is 0 Å². The molecular formula is C25H21F7N2O2. The van der Waals surface area contributed by atoms with Gasteiger partial charge in [-0.15, -0.1) is 0 Å². The molecule has 36 heavy (non-hydrogen) atoms. The molecule has 0 fully saturated rings. The summed E-state index contributed by atoms with van der Waals surface area (Å²) in [6.45, 7) is 3.67. The van der Waals surface area contributed by atoms with Crippen molar-refractivity contribution in [2.45, 2.75) is 32.0 Å². The van der Waals surface area contributed by atoms with Gasteiger partial charge in [-0.25, -0.2) is 17.6 Å². The van der Waals surface area contributed by atoms with Gasteiger partial charge in [-0.2, -0.15) is 13.2 Å². The highest BCUT2D eigenvalue weighted by molar-refractivity contribution is 5.96. The molecule has 4 nitrogen and oxygen atoms in total. The van der Waals surface area contributed by atoms with Gasteiger partial charge in [0, 0.05) is 5.92 Å². The predicted molar refractivity (Wildman–Crippen MR) is 119 cm³/mol. The molecule has 0 unspecified atom stereocenters. The van der Waals surface area contributed by atoms with Crippen molar-refractivity contribution >= 4 is 11.6 Å². The van der Waals surface area contributed by atoms with Crippen LogP contribution >= 0.6 is 0 Å². The molecule has 3 aromatic carbocycles. The van der Waals surface area contributed by atoms with Gasteiger partial charge in [-0.1, -0.05) is 30.3 Å². The van der Waals surface area contributed by atoms with Crippen LogP contribution in [0.15, 0.2) is 42.5 Å². The van der Waals surface area contributed by atoms with Crippen LogP contribution in [0, 0.1) is 37.1 Å². The average molecular weight is 514 g/mol. The van der Waals surface area contributed by atoms with Gasteiger partial charge in [0.15, 0.2) is 23.3 Å². The second kappa shape index (κ2) is 10.2. The molecular weight excluding hydrogens is 493 g/mol. The van der Waals surface area contributed by atoms with Crippen LogP contribution < -0.4 is 15.8 Å². The third-order valence-electron chi connectivity index (χ3n) is 5.82. The van der Waals surface area contributed by atoms with Crippen LogP contribution in [0.5, 0.6) is 5.75 Å². The average Bonchev–Trinajstić information content (AvgIpc) is 2.82. The summed E-state index contributed by atoms with van der Waals surface area (Å²) >= 11 is 0. The normalized spacial score (nSPS) is 13.3. The number of amides is 1. The second-order valence-corrected chi connectivity index (χ2v) is 8.11. The summed E-state index contributed by atoms with van der Waals surface area (Å²) in [6, 6.07) is 10.0. The van der Waals surface area contributed by atoms with Crippen molar-refractivity contribution in [3.05, 3.63) is 93.6 Å². The van der Waals surface area contributed by atoms with Crippen LogP contribution in [-0.4, -0.2) is 19.1 Å². The summed E-state index contributed by atoms with van der Waals surface area (Å²) < 4.78 is 100. The number of aryl methyl sites for hydroxylation is 2. The zero-order valence-corrected chi connectivity index (χ0v) is 19.2. The number of anilines is 1. The lowest BCUT2D eigenvalue weighted by atomic mass is 9.83. The Balaban J connectivity index is 2.05. The summed E-state index contributed by atoms with van der Waals surface area (Å²) in [5.41, 5.74) is 4.51. The lowest BCUT2D eigenvalue weighted by molar-refractivity contribution is -0.143. The van der Waals surface area contributed by atoms with Crippen molar-refractivity contribution in [2.24, 2.45) is 5.73 Å². The first-order valence-corrected chi connectivity index (χ1v) is 10.5. The zero-order chi connectivity index (χ0) is 26.9. The maximum atomic E-state index is 14.3. The largest absolute Gasteiger partial charge is 0.497 e. The SMILES string of the molecule is COc1ccc([C@H](c2ccc(C)c(C)c2)[C@H](N)C(=O)Nc2c(F)c(F)c(C(F)(F)F)c(F)c2F)cc1. The molecule has 0 aliphatic carbocycles. The third kappa shape index (κ3) is 5.15. The van der Waals surface area contributed by atoms with Crippen molar-refractivity contribution in [1.82, 2.24) is 0 Å². The second-order valence-electron chi connectivity index (χ2n) is 8.11. The molecule has 192 valence electrons. The lowest BCUT2D eigenvalue weighted by Crippen LogP contribution is -2.41. The van der Waals surface area contributed by atoms with E-state index in [-0.39, 0.29) is 0 Å². The number of halogens is 7. The van der Waals surface area contributed by atoms with E-state index in [2.05, 4.69) is 0 Å². The van der Waals surface area contributed by atoms with Crippen LogP contribution in [-0.2, 0) is 11.0 Å². The summed E-state index contributed by atoms with van der Waals surface area (Å²) in [7, 11) is 1.44. The number of nitrogens with one attached hydrogen (secondary N) is 1. The maximum absolute atomic E-state index is 14.3. The van der Waals surface area contributed by atoms with E-state index >= 15 is 0 Å². The summed E-state index contributed by atoms with van der Waals surface area (Å²) in [5.74, 6) is -11.9. The van der Waals surface area contributed by atoms with E-state index in [4.69, 9.17) is 10.5 Å². The molecule has 0 heterocycles. The van der Waals surface area contributed by atoms with Gasteiger partial charge in [0.05, 0.1) is 13.2 Å². The van der Waals surface area contributed by atoms with E-state index in [9.17, 15) is 35.5 Å².